The van der Waals surface area contributed by atoms with Gasteiger partial charge in [0, 0.05) is 17.8 Å². The summed E-state index contributed by atoms with van der Waals surface area (Å²) in [6.07, 6.45) is 2.64. The van der Waals surface area contributed by atoms with Crippen molar-refractivity contribution in [2.45, 2.75) is 45.6 Å². The van der Waals surface area contributed by atoms with E-state index in [4.69, 9.17) is 4.74 Å². The maximum Gasteiger partial charge on any atom is 0.306 e. The van der Waals surface area contributed by atoms with E-state index in [2.05, 4.69) is 72.2 Å². The zero-order chi connectivity index (χ0) is 19.5. The number of esters is 1. The summed E-state index contributed by atoms with van der Waals surface area (Å²) in [6, 6.07) is 21.2. The normalized spacial score (nSPS) is 13.9. The summed E-state index contributed by atoms with van der Waals surface area (Å²) in [7, 11) is 0. The van der Waals surface area contributed by atoms with Crippen LogP contribution < -0.4 is 0 Å². The molecular formula is C25H27NO2. The summed E-state index contributed by atoms with van der Waals surface area (Å²) in [4.78, 5) is 12.2. The fourth-order valence-corrected chi connectivity index (χ4v) is 4.50. The molecule has 1 atom stereocenters. The Morgan fingerprint density at radius 3 is 2.32 bits per heavy atom. The number of carbonyl (C=O) groups excluding carboxylic acids is 1. The smallest absolute Gasteiger partial charge is 0.306 e. The van der Waals surface area contributed by atoms with Crippen LogP contribution in [0.25, 0.3) is 22.4 Å². The second kappa shape index (κ2) is 8.05. The molecule has 0 fully saturated rings. The number of hydrogen-bond acceptors (Lipinski definition) is 2. The predicted octanol–water partition coefficient (Wildman–Crippen LogP) is 5.83. The summed E-state index contributed by atoms with van der Waals surface area (Å²) in [5.41, 5.74) is 7.71. The highest BCUT2D eigenvalue weighted by Gasteiger charge is 2.30. The lowest BCUT2D eigenvalue weighted by Gasteiger charge is -2.16. The van der Waals surface area contributed by atoms with Gasteiger partial charge in [-0.05, 0) is 42.4 Å². The molecule has 0 saturated carbocycles. The van der Waals surface area contributed by atoms with Crippen molar-refractivity contribution in [1.29, 1.82) is 0 Å². The van der Waals surface area contributed by atoms with E-state index in [0.717, 1.165) is 19.4 Å². The third-order valence-corrected chi connectivity index (χ3v) is 5.59. The van der Waals surface area contributed by atoms with Gasteiger partial charge in [0.05, 0.1) is 18.7 Å². The van der Waals surface area contributed by atoms with Gasteiger partial charge < -0.3 is 9.30 Å². The van der Waals surface area contributed by atoms with Crippen molar-refractivity contribution in [3.8, 4) is 22.4 Å². The van der Waals surface area contributed by atoms with Crippen LogP contribution in [0.4, 0.5) is 0 Å². The fraction of sp³-hybridized carbons (Fsp3) is 0.320. The van der Waals surface area contributed by atoms with Gasteiger partial charge in [0.1, 0.15) is 0 Å². The SMILES string of the molecule is CCOC(=O)CC(C)c1c(-c2ccccc2)c(-c2ccccc2)n2c1CCC2. The van der Waals surface area contributed by atoms with E-state index < -0.39 is 0 Å². The molecule has 0 spiro atoms. The lowest BCUT2D eigenvalue weighted by molar-refractivity contribution is -0.143. The van der Waals surface area contributed by atoms with Crippen LogP contribution in [0.3, 0.4) is 0 Å². The molecule has 3 heteroatoms. The Hall–Kier alpha value is -2.81. The molecule has 0 saturated heterocycles. The van der Waals surface area contributed by atoms with Gasteiger partial charge in [-0.1, -0.05) is 67.6 Å². The molecule has 1 aromatic heterocycles. The molecule has 28 heavy (non-hydrogen) atoms. The van der Waals surface area contributed by atoms with E-state index in [1.807, 2.05) is 6.92 Å². The van der Waals surface area contributed by atoms with E-state index in [9.17, 15) is 4.79 Å². The van der Waals surface area contributed by atoms with Crippen molar-refractivity contribution in [1.82, 2.24) is 4.57 Å². The molecule has 2 aromatic carbocycles. The number of hydrogen-bond donors (Lipinski definition) is 0. The summed E-state index contributed by atoms with van der Waals surface area (Å²) in [5, 5.41) is 0. The Kier molecular flexibility index (Phi) is 5.34. The van der Waals surface area contributed by atoms with Gasteiger partial charge in [-0.15, -0.1) is 0 Å². The highest BCUT2D eigenvalue weighted by molar-refractivity contribution is 5.87. The molecule has 1 aliphatic rings. The van der Waals surface area contributed by atoms with Gasteiger partial charge in [-0.2, -0.15) is 0 Å². The number of nitrogens with zero attached hydrogens (tertiary/aromatic N) is 1. The second-order valence-corrected chi connectivity index (χ2v) is 7.48. The summed E-state index contributed by atoms with van der Waals surface area (Å²) in [6.45, 7) is 5.49. The highest BCUT2D eigenvalue weighted by atomic mass is 16.5. The zero-order valence-electron chi connectivity index (χ0n) is 16.7. The van der Waals surface area contributed by atoms with Crippen molar-refractivity contribution in [3.63, 3.8) is 0 Å². The molecule has 1 unspecified atom stereocenters. The molecule has 0 aliphatic carbocycles. The number of benzene rings is 2. The van der Waals surface area contributed by atoms with Crippen LogP contribution >= 0.6 is 0 Å². The Morgan fingerprint density at radius 2 is 1.68 bits per heavy atom. The van der Waals surface area contributed by atoms with E-state index in [1.165, 1.54) is 33.6 Å². The van der Waals surface area contributed by atoms with Crippen molar-refractivity contribution in [2.75, 3.05) is 6.61 Å². The molecule has 0 radical (unpaired) electrons. The molecule has 1 aliphatic heterocycles. The van der Waals surface area contributed by atoms with Crippen molar-refractivity contribution in [3.05, 3.63) is 71.9 Å². The maximum atomic E-state index is 12.2. The van der Waals surface area contributed by atoms with E-state index in [-0.39, 0.29) is 11.9 Å². The van der Waals surface area contributed by atoms with Crippen molar-refractivity contribution in [2.24, 2.45) is 0 Å². The molecule has 3 aromatic rings. The van der Waals surface area contributed by atoms with Crippen LogP contribution in [0.15, 0.2) is 60.7 Å². The topological polar surface area (TPSA) is 31.2 Å². The first kappa shape index (κ1) is 18.5. The molecule has 2 heterocycles. The minimum absolute atomic E-state index is 0.117. The Balaban J connectivity index is 1.92. The van der Waals surface area contributed by atoms with Gasteiger partial charge in [0.25, 0.3) is 0 Å². The van der Waals surface area contributed by atoms with E-state index >= 15 is 0 Å². The third-order valence-electron chi connectivity index (χ3n) is 5.59. The van der Waals surface area contributed by atoms with Crippen LogP contribution in [0.2, 0.25) is 0 Å². The number of ether oxygens (including phenoxy) is 1. The molecule has 4 rings (SSSR count). The summed E-state index contributed by atoms with van der Waals surface area (Å²) < 4.78 is 7.73. The lowest BCUT2D eigenvalue weighted by Crippen LogP contribution is -2.09. The second-order valence-electron chi connectivity index (χ2n) is 7.48. The minimum atomic E-state index is -0.117. The Bertz CT molecular complexity index is 957. The Labute approximate surface area is 167 Å². The molecule has 3 nitrogen and oxygen atoms in total. The largest absolute Gasteiger partial charge is 0.466 e. The first-order chi connectivity index (χ1) is 13.7. The standard InChI is InChI=1S/C25H27NO2/c1-3-28-22(27)17-18(2)23-21-15-10-16-26(21)25(20-13-8-5-9-14-20)24(23)19-11-6-4-7-12-19/h4-9,11-14,18H,3,10,15-17H2,1-2H3. The average molecular weight is 373 g/mol. The number of carbonyl (C=O) groups is 1. The molecular weight excluding hydrogens is 346 g/mol. The molecule has 0 N–H and O–H groups in total. The first-order valence-corrected chi connectivity index (χ1v) is 10.2. The quantitative estimate of drug-likeness (QED) is 0.509. The molecule has 0 amide bonds. The zero-order valence-corrected chi connectivity index (χ0v) is 16.7. The van der Waals surface area contributed by atoms with Gasteiger partial charge in [0.2, 0.25) is 0 Å². The monoisotopic (exact) mass is 373 g/mol. The van der Waals surface area contributed by atoms with E-state index in [1.54, 1.807) is 0 Å². The van der Waals surface area contributed by atoms with Gasteiger partial charge in [-0.3, -0.25) is 4.79 Å². The number of fused-ring (bicyclic) bond motifs is 1. The Morgan fingerprint density at radius 1 is 1.04 bits per heavy atom. The van der Waals surface area contributed by atoms with Gasteiger partial charge in [0.15, 0.2) is 0 Å². The summed E-state index contributed by atoms with van der Waals surface area (Å²) in [5.74, 6) is -0.000659. The van der Waals surface area contributed by atoms with Crippen LogP contribution in [0, 0.1) is 0 Å². The van der Waals surface area contributed by atoms with Gasteiger partial charge in [-0.25, -0.2) is 0 Å². The van der Waals surface area contributed by atoms with Gasteiger partial charge >= 0.3 is 5.97 Å². The van der Waals surface area contributed by atoms with Crippen LogP contribution in [-0.4, -0.2) is 17.1 Å². The highest BCUT2D eigenvalue weighted by Crippen LogP contribution is 2.45. The maximum absolute atomic E-state index is 12.2. The van der Waals surface area contributed by atoms with Crippen molar-refractivity contribution >= 4 is 5.97 Å². The van der Waals surface area contributed by atoms with Crippen LogP contribution in [0.5, 0.6) is 0 Å². The van der Waals surface area contributed by atoms with E-state index in [0.29, 0.717) is 13.0 Å². The summed E-state index contributed by atoms with van der Waals surface area (Å²) >= 11 is 0. The van der Waals surface area contributed by atoms with Crippen molar-refractivity contribution < 1.29 is 9.53 Å². The third kappa shape index (κ3) is 3.37. The first-order valence-electron chi connectivity index (χ1n) is 10.2. The fourth-order valence-electron chi connectivity index (χ4n) is 4.50. The molecule has 144 valence electrons. The molecule has 0 bridgehead atoms. The van der Waals surface area contributed by atoms with Crippen LogP contribution in [-0.2, 0) is 22.5 Å². The lowest BCUT2D eigenvalue weighted by atomic mass is 9.88. The average Bonchev–Trinajstić information content (AvgIpc) is 3.29. The number of rotatable bonds is 6. The van der Waals surface area contributed by atoms with Crippen LogP contribution in [0.1, 0.15) is 43.9 Å². The predicted molar refractivity (Wildman–Crippen MR) is 113 cm³/mol. The minimum Gasteiger partial charge on any atom is -0.466 e. The number of aromatic nitrogens is 1.